The largest absolute Gasteiger partial charge is 0.481 e. The Morgan fingerprint density at radius 1 is 1.21 bits per heavy atom. The fourth-order valence-electron chi connectivity index (χ4n) is 3.74. The molecule has 0 atom stereocenters. The third kappa shape index (κ3) is 6.33. The summed E-state index contributed by atoms with van der Waals surface area (Å²) in [5, 5.41) is 7.42. The summed E-state index contributed by atoms with van der Waals surface area (Å²) in [6, 6.07) is 10.1. The molecule has 9 heteroatoms. The molecule has 0 amide bonds. The predicted octanol–water partition coefficient (Wildman–Crippen LogP) is 7.46. The minimum atomic E-state index is -4.35. The number of aliphatic carboxylic acids is 1. The highest BCUT2D eigenvalue weighted by Gasteiger charge is 2.31. The van der Waals surface area contributed by atoms with E-state index in [1.807, 2.05) is 30.5 Å². The van der Waals surface area contributed by atoms with Gasteiger partial charge in [-0.05, 0) is 87.8 Å². The van der Waals surface area contributed by atoms with Crippen molar-refractivity contribution in [1.82, 2.24) is 4.98 Å². The SMILES string of the molecule is CC(=O)O.Cc1cc(C(F)(F)F)cc(C)c1-c1cccc(COc2ncc3c(c2Br)SCC3)c1. The van der Waals surface area contributed by atoms with Crippen LogP contribution in [-0.4, -0.2) is 21.8 Å². The number of halogens is 4. The van der Waals surface area contributed by atoms with Crippen LogP contribution in [0.2, 0.25) is 0 Å². The van der Waals surface area contributed by atoms with Crippen LogP contribution in [0.15, 0.2) is 52.0 Å². The van der Waals surface area contributed by atoms with E-state index in [9.17, 15) is 13.2 Å². The molecule has 0 unspecified atom stereocenters. The number of ether oxygens (including phenoxy) is 1. The molecule has 34 heavy (non-hydrogen) atoms. The predicted molar refractivity (Wildman–Crippen MR) is 130 cm³/mol. The highest BCUT2D eigenvalue weighted by Crippen LogP contribution is 2.41. The molecule has 0 fully saturated rings. The summed E-state index contributed by atoms with van der Waals surface area (Å²) in [4.78, 5) is 14.6. The van der Waals surface area contributed by atoms with E-state index in [4.69, 9.17) is 14.6 Å². The van der Waals surface area contributed by atoms with Gasteiger partial charge in [0.05, 0.1) is 10.0 Å². The Balaban J connectivity index is 0.000000751. The van der Waals surface area contributed by atoms with Gasteiger partial charge in [-0.25, -0.2) is 4.98 Å². The highest BCUT2D eigenvalue weighted by atomic mass is 79.9. The zero-order valence-electron chi connectivity index (χ0n) is 18.8. The average Bonchev–Trinajstić information content (AvgIpc) is 3.22. The number of aryl methyl sites for hydroxylation is 3. The number of hydrogen-bond acceptors (Lipinski definition) is 4. The summed E-state index contributed by atoms with van der Waals surface area (Å²) in [6.07, 6.45) is -1.47. The minimum absolute atomic E-state index is 0.321. The number of carbonyl (C=O) groups is 1. The molecule has 3 aromatic rings. The maximum atomic E-state index is 13.1. The van der Waals surface area contributed by atoms with Gasteiger partial charge in [0, 0.05) is 23.8 Å². The van der Waals surface area contributed by atoms with Crippen LogP contribution < -0.4 is 4.74 Å². The summed E-state index contributed by atoms with van der Waals surface area (Å²) in [5.74, 6) is 0.767. The Kier molecular flexibility index (Phi) is 8.30. The third-order valence-corrected chi connectivity index (χ3v) is 7.25. The van der Waals surface area contributed by atoms with Gasteiger partial charge < -0.3 is 9.84 Å². The number of alkyl halides is 3. The molecule has 1 aliphatic rings. The number of carboxylic acids is 1. The molecule has 0 spiro atoms. The maximum absolute atomic E-state index is 13.1. The molecule has 2 aromatic carbocycles. The second-order valence-electron chi connectivity index (χ2n) is 7.82. The van der Waals surface area contributed by atoms with E-state index in [0.29, 0.717) is 23.6 Å². The van der Waals surface area contributed by atoms with Gasteiger partial charge in [-0.1, -0.05) is 18.2 Å². The number of thioether (sulfide) groups is 1. The molecule has 1 aliphatic heterocycles. The molecule has 0 saturated heterocycles. The van der Waals surface area contributed by atoms with Crippen molar-refractivity contribution in [3.63, 3.8) is 0 Å². The van der Waals surface area contributed by atoms with Gasteiger partial charge in [-0.15, -0.1) is 11.8 Å². The van der Waals surface area contributed by atoms with Crippen molar-refractivity contribution >= 4 is 33.7 Å². The molecule has 2 heterocycles. The first-order valence-electron chi connectivity index (χ1n) is 10.4. The number of pyridine rings is 1. The van der Waals surface area contributed by atoms with Gasteiger partial charge >= 0.3 is 6.18 Å². The summed E-state index contributed by atoms with van der Waals surface area (Å²) in [6.45, 7) is 4.83. The van der Waals surface area contributed by atoms with Crippen LogP contribution in [-0.2, 0) is 24.0 Å². The second kappa shape index (κ2) is 10.8. The van der Waals surface area contributed by atoms with Crippen molar-refractivity contribution in [3.05, 3.63) is 74.9 Å². The number of rotatable bonds is 4. The lowest BCUT2D eigenvalue weighted by Crippen LogP contribution is -2.06. The van der Waals surface area contributed by atoms with Crippen molar-refractivity contribution in [2.24, 2.45) is 0 Å². The zero-order chi connectivity index (χ0) is 25.0. The number of benzene rings is 2. The van der Waals surface area contributed by atoms with Crippen LogP contribution in [0.3, 0.4) is 0 Å². The summed E-state index contributed by atoms with van der Waals surface area (Å²) in [7, 11) is 0. The Labute approximate surface area is 208 Å². The van der Waals surface area contributed by atoms with E-state index in [1.165, 1.54) is 22.6 Å². The van der Waals surface area contributed by atoms with E-state index < -0.39 is 17.7 Å². The van der Waals surface area contributed by atoms with Crippen molar-refractivity contribution in [2.75, 3.05) is 5.75 Å². The summed E-state index contributed by atoms with van der Waals surface area (Å²) in [5.41, 5.74) is 4.42. The molecule has 0 radical (unpaired) electrons. The van der Waals surface area contributed by atoms with Gasteiger partial charge in [0.1, 0.15) is 6.61 Å². The Morgan fingerprint density at radius 2 is 1.85 bits per heavy atom. The second-order valence-corrected chi connectivity index (χ2v) is 9.72. The third-order valence-electron chi connectivity index (χ3n) is 5.09. The first kappa shape index (κ1) is 26.1. The molecule has 4 rings (SSSR count). The normalized spacial score (nSPS) is 12.6. The molecule has 0 aliphatic carbocycles. The van der Waals surface area contributed by atoms with Crippen LogP contribution in [0.25, 0.3) is 11.1 Å². The first-order chi connectivity index (χ1) is 16.0. The minimum Gasteiger partial charge on any atom is -0.481 e. The Bertz CT molecular complexity index is 1190. The van der Waals surface area contributed by atoms with E-state index in [1.54, 1.807) is 25.6 Å². The van der Waals surface area contributed by atoms with Crippen LogP contribution in [0.1, 0.15) is 34.7 Å². The van der Waals surface area contributed by atoms with E-state index in [2.05, 4.69) is 20.9 Å². The van der Waals surface area contributed by atoms with Crippen molar-refractivity contribution in [3.8, 4) is 17.0 Å². The van der Waals surface area contributed by atoms with Crippen LogP contribution in [0.4, 0.5) is 13.2 Å². The fourth-order valence-corrected chi connectivity index (χ4v) is 5.63. The van der Waals surface area contributed by atoms with Crippen LogP contribution in [0.5, 0.6) is 5.88 Å². The fraction of sp³-hybridized carbons (Fsp3) is 0.280. The average molecular weight is 554 g/mol. The van der Waals surface area contributed by atoms with Gasteiger partial charge in [0.15, 0.2) is 0 Å². The molecule has 180 valence electrons. The smallest absolute Gasteiger partial charge is 0.416 e. The van der Waals surface area contributed by atoms with E-state index in [0.717, 1.165) is 40.3 Å². The lowest BCUT2D eigenvalue weighted by atomic mass is 9.92. The number of carboxylic acid groups (broad SMARTS) is 1. The quantitative estimate of drug-likeness (QED) is 0.363. The van der Waals surface area contributed by atoms with Crippen molar-refractivity contribution in [1.29, 1.82) is 0 Å². The molecule has 1 aromatic heterocycles. The number of hydrogen-bond donors (Lipinski definition) is 1. The molecule has 0 saturated carbocycles. The van der Waals surface area contributed by atoms with Gasteiger partial charge in [-0.3, -0.25) is 4.79 Å². The van der Waals surface area contributed by atoms with Crippen molar-refractivity contribution < 1.29 is 27.8 Å². The standard InChI is InChI=1S/C23H19BrF3NOS.C2H4O2/c1-13-8-18(23(25,26)27)9-14(2)19(13)16-5-3-4-15(10-16)12-29-22-20(24)21-17(11-28-22)6-7-30-21;1-2(3)4/h3-5,8-11H,6-7,12H2,1-2H3;1H3,(H,3,4). The van der Waals surface area contributed by atoms with Crippen LogP contribution in [0, 0.1) is 13.8 Å². The number of aromatic nitrogens is 1. The number of nitrogens with zero attached hydrogens (tertiary/aromatic N) is 1. The van der Waals surface area contributed by atoms with Crippen molar-refractivity contribution in [2.45, 2.75) is 44.9 Å². The van der Waals surface area contributed by atoms with E-state index in [-0.39, 0.29) is 0 Å². The van der Waals surface area contributed by atoms with Gasteiger partial charge in [0.2, 0.25) is 5.88 Å². The molecule has 4 nitrogen and oxygen atoms in total. The lowest BCUT2D eigenvalue weighted by molar-refractivity contribution is -0.137. The molecular formula is C25H23BrF3NO3S. The molecule has 0 bridgehead atoms. The van der Waals surface area contributed by atoms with Gasteiger partial charge in [0.25, 0.3) is 5.97 Å². The van der Waals surface area contributed by atoms with Gasteiger partial charge in [-0.2, -0.15) is 13.2 Å². The zero-order valence-corrected chi connectivity index (χ0v) is 21.2. The Hall–Kier alpha value is -2.52. The summed E-state index contributed by atoms with van der Waals surface area (Å²) >= 11 is 5.39. The molecular weight excluding hydrogens is 531 g/mol. The molecule has 1 N–H and O–H groups in total. The maximum Gasteiger partial charge on any atom is 0.416 e. The topological polar surface area (TPSA) is 59.4 Å². The summed E-state index contributed by atoms with van der Waals surface area (Å²) < 4.78 is 46.1. The van der Waals surface area contributed by atoms with E-state index >= 15 is 0 Å². The monoisotopic (exact) mass is 553 g/mol. The highest BCUT2D eigenvalue weighted by molar-refractivity contribution is 9.10. The number of fused-ring (bicyclic) bond motifs is 1. The van der Waals surface area contributed by atoms with Crippen LogP contribution >= 0.6 is 27.7 Å². The Morgan fingerprint density at radius 3 is 2.47 bits per heavy atom. The first-order valence-corrected chi connectivity index (χ1v) is 12.2. The lowest BCUT2D eigenvalue weighted by Gasteiger charge is -2.16.